The molecular formula is C19H15N3O4S. The summed E-state index contributed by atoms with van der Waals surface area (Å²) in [6, 6.07) is 13.4. The second-order valence-corrected chi connectivity index (χ2v) is 6.59. The maximum absolute atomic E-state index is 12.2. The molecule has 136 valence electrons. The van der Waals surface area contributed by atoms with Crippen molar-refractivity contribution in [2.75, 3.05) is 11.9 Å². The monoisotopic (exact) mass is 381 g/mol. The summed E-state index contributed by atoms with van der Waals surface area (Å²) in [5.74, 6) is -1.86. The first kappa shape index (κ1) is 18.4. The van der Waals surface area contributed by atoms with E-state index in [0.717, 1.165) is 0 Å². The Morgan fingerprint density at radius 2 is 2.00 bits per heavy atom. The molecule has 1 atom stereocenters. The zero-order valence-corrected chi connectivity index (χ0v) is 14.8. The van der Waals surface area contributed by atoms with Gasteiger partial charge in [0, 0.05) is 10.4 Å². The van der Waals surface area contributed by atoms with Gasteiger partial charge in [0.2, 0.25) is 0 Å². The number of carbonyl (C=O) groups is 2. The van der Waals surface area contributed by atoms with Crippen molar-refractivity contribution in [3.8, 4) is 6.07 Å². The van der Waals surface area contributed by atoms with Crippen LogP contribution in [-0.2, 0) is 15.2 Å². The molecule has 3 rings (SSSR count). The number of anilines is 1. The topological polar surface area (TPSA) is 115 Å². The average Bonchev–Trinajstić information content (AvgIpc) is 3.40. The average molecular weight is 381 g/mol. The van der Waals surface area contributed by atoms with Crippen LogP contribution in [-0.4, -0.2) is 23.5 Å². The Morgan fingerprint density at radius 1 is 1.19 bits per heavy atom. The lowest BCUT2D eigenvalue weighted by Crippen LogP contribution is -2.44. The molecule has 0 radical (unpaired) electrons. The third-order valence-electron chi connectivity index (χ3n) is 3.93. The number of amides is 2. The first-order valence-electron chi connectivity index (χ1n) is 7.92. The van der Waals surface area contributed by atoms with Gasteiger partial charge < -0.3 is 20.2 Å². The molecule has 0 saturated heterocycles. The molecule has 0 aliphatic heterocycles. The summed E-state index contributed by atoms with van der Waals surface area (Å²) in [6.07, 6.45) is 2.80. The van der Waals surface area contributed by atoms with E-state index in [-0.39, 0.29) is 17.8 Å². The van der Waals surface area contributed by atoms with Crippen molar-refractivity contribution in [2.45, 2.75) is 5.60 Å². The Labute approximate surface area is 158 Å². The first-order chi connectivity index (χ1) is 13.0. The number of nitrogens with zero attached hydrogens (tertiary/aromatic N) is 1. The molecule has 0 saturated carbocycles. The van der Waals surface area contributed by atoms with E-state index in [4.69, 9.17) is 9.68 Å². The summed E-state index contributed by atoms with van der Waals surface area (Å²) in [6.45, 7) is -0.223. The predicted octanol–water partition coefficient (Wildman–Crippen LogP) is 2.20. The number of nitrogens with one attached hydrogen (secondary N) is 2. The summed E-state index contributed by atoms with van der Waals surface area (Å²) < 4.78 is 5.04. The van der Waals surface area contributed by atoms with Crippen LogP contribution in [0, 0.1) is 11.3 Å². The standard InChI is InChI=1S/C19H15N3O4S/c20-10-13-4-1-2-5-15(13)22-18(24)17(23)21-12-19(25,14-7-8-26-11-14)16-6-3-9-27-16/h1-9,11,25H,12H2,(H,21,23)(H,22,24)/t19-/m0/s1. The van der Waals surface area contributed by atoms with Crippen LogP contribution in [0.3, 0.4) is 0 Å². The second kappa shape index (κ2) is 7.86. The van der Waals surface area contributed by atoms with Gasteiger partial charge in [0.25, 0.3) is 0 Å². The van der Waals surface area contributed by atoms with Gasteiger partial charge in [-0.2, -0.15) is 5.26 Å². The molecule has 27 heavy (non-hydrogen) atoms. The Bertz CT molecular complexity index is 941. The Hall–Kier alpha value is -3.41. The second-order valence-electron chi connectivity index (χ2n) is 5.64. The zero-order chi connectivity index (χ0) is 19.3. The zero-order valence-electron chi connectivity index (χ0n) is 14.0. The van der Waals surface area contributed by atoms with Crippen LogP contribution in [0.15, 0.2) is 64.8 Å². The van der Waals surface area contributed by atoms with E-state index < -0.39 is 17.4 Å². The summed E-state index contributed by atoms with van der Waals surface area (Å²) in [5, 5.41) is 26.8. The predicted molar refractivity (Wildman–Crippen MR) is 98.8 cm³/mol. The number of benzene rings is 1. The number of rotatable bonds is 5. The smallest absolute Gasteiger partial charge is 0.313 e. The molecule has 0 spiro atoms. The number of para-hydroxylation sites is 1. The molecule has 0 bridgehead atoms. The summed E-state index contributed by atoms with van der Waals surface area (Å²) in [4.78, 5) is 24.9. The maximum Gasteiger partial charge on any atom is 0.313 e. The Balaban J connectivity index is 1.71. The number of furan rings is 1. The van der Waals surface area contributed by atoms with E-state index in [2.05, 4.69) is 10.6 Å². The molecule has 3 N–H and O–H groups in total. The van der Waals surface area contributed by atoms with E-state index in [1.165, 1.54) is 36.0 Å². The van der Waals surface area contributed by atoms with E-state index in [9.17, 15) is 14.7 Å². The highest BCUT2D eigenvalue weighted by atomic mass is 32.1. The van der Waals surface area contributed by atoms with Gasteiger partial charge in [-0.15, -0.1) is 11.3 Å². The molecule has 2 aromatic heterocycles. The van der Waals surface area contributed by atoms with Crippen LogP contribution >= 0.6 is 11.3 Å². The van der Waals surface area contributed by atoms with Crippen molar-refractivity contribution < 1.29 is 19.1 Å². The van der Waals surface area contributed by atoms with Gasteiger partial charge in [0.1, 0.15) is 11.7 Å². The van der Waals surface area contributed by atoms with Crippen LogP contribution in [0.1, 0.15) is 16.0 Å². The minimum atomic E-state index is -1.53. The molecule has 3 aromatic rings. The molecule has 2 heterocycles. The molecule has 0 aliphatic carbocycles. The number of nitriles is 1. The fourth-order valence-corrected chi connectivity index (χ4v) is 3.35. The van der Waals surface area contributed by atoms with Crippen LogP contribution in [0.2, 0.25) is 0 Å². The quantitative estimate of drug-likeness (QED) is 0.586. The van der Waals surface area contributed by atoms with Crippen molar-refractivity contribution in [3.05, 3.63) is 76.4 Å². The lowest BCUT2D eigenvalue weighted by Gasteiger charge is -2.26. The van der Waals surface area contributed by atoms with Gasteiger partial charge >= 0.3 is 11.8 Å². The fourth-order valence-electron chi connectivity index (χ4n) is 2.50. The van der Waals surface area contributed by atoms with Crippen molar-refractivity contribution in [1.82, 2.24) is 5.32 Å². The van der Waals surface area contributed by atoms with E-state index in [1.54, 1.807) is 35.7 Å². The van der Waals surface area contributed by atoms with Crippen molar-refractivity contribution >= 4 is 28.8 Å². The lowest BCUT2D eigenvalue weighted by molar-refractivity contribution is -0.136. The largest absolute Gasteiger partial charge is 0.472 e. The SMILES string of the molecule is N#Cc1ccccc1NC(=O)C(=O)NC[C@](O)(c1ccoc1)c1cccs1. The van der Waals surface area contributed by atoms with E-state index in [0.29, 0.717) is 10.4 Å². The van der Waals surface area contributed by atoms with Crippen LogP contribution in [0.5, 0.6) is 0 Å². The molecule has 0 aliphatic rings. The first-order valence-corrected chi connectivity index (χ1v) is 8.80. The minimum absolute atomic E-state index is 0.223. The molecule has 0 unspecified atom stereocenters. The summed E-state index contributed by atoms with van der Waals surface area (Å²) >= 11 is 1.32. The fraction of sp³-hybridized carbons (Fsp3) is 0.105. The molecule has 2 amide bonds. The van der Waals surface area contributed by atoms with Crippen LogP contribution < -0.4 is 10.6 Å². The highest BCUT2D eigenvalue weighted by Gasteiger charge is 2.35. The molecule has 8 heteroatoms. The molecule has 0 fully saturated rings. The maximum atomic E-state index is 12.2. The van der Waals surface area contributed by atoms with Gasteiger partial charge in [-0.3, -0.25) is 9.59 Å². The summed E-state index contributed by atoms with van der Waals surface area (Å²) in [5.41, 5.74) is -0.585. The molecular weight excluding hydrogens is 366 g/mol. The van der Waals surface area contributed by atoms with Crippen LogP contribution in [0.25, 0.3) is 0 Å². The van der Waals surface area contributed by atoms with Crippen molar-refractivity contribution in [2.24, 2.45) is 0 Å². The van der Waals surface area contributed by atoms with E-state index in [1.807, 2.05) is 6.07 Å². The number of carbonyl (C=O) groups excluding carboxylic acids is 2. The lowest BCUT2D eigenvalue weighted by atomic mass is 9.94. The van der Waals surface area contributed by atoms with E-state index >= 15 is 0 Å². The van der Waals surface area contributed by atoms with Gasteiger partial charge in [-0.1, -0.05) is 18.2 Å². The van der Waals surface area contributed by atoms with Crippen molar-refractivity contribution in [3.63, 3.8) is 0 Å². The highest BCUT2D eigenvalue weighted by Crippen LogP contribution is 2.32. The normalized spacial score (nSPS) is 12.6. The molecule has 7 nitrogen and oxygen atoms in total. The number of hydrogen-bond acceptors (Lipinski definition) is 6. The minimum Gasteiger partial charge on any atom is -0.472 e. The Kier molecular flexibility index (Phi) is 5.35. The molecule has 1 aromatic carbocycles. The Morgan fingerprint density at radius 3 is 2.67 bits per heavy atom. The third kappa shape index (κ3) is 3.89. The highest BCUT2D eigenvalue weighted by molar-refractivity contribution is 7.10. The van der Waals surface area contributed by atoms with Crippen LogP contribution in [0.4, 0.5) is 5.69 Å². The number of aliphatic hydroxyl groups is 1. The van der Waals surface area contributed by atoms with Gasteiger partial charge in [0.15, 0.2) is 0 Å². The number of hydrogen-bond donors (Lipinski definition) is 3. The number of thiophene rings is 1. The van der Waals surface area contributed by atoms with Gasteiger partial charge in [0.05, 0.1) is 30.3 Å². The third-order valence-corrected chi connectivity index (χ3v) is 4.96. The van der Waals surface area contributed by atoms with Gasteiger partial charge in [-0.05, 0) is 29.6 Å². The van der Waals surface area contributed by atoms with Gasteiger partial charge in [-0.25, -0.2) is 0 Å². The summed E-state index contributed by atoms with van der Waals surface area (Å²) in [7, 11) is 0. The van der Waals surface area contributed by atoms with Crippen molar-refractivity contribution in [1.29, 1.82) is 5.26 Å².